The summed E-state index contributed by atoms with van der Waals surface area (Å²) in [5, 5.41) is 7.70. The SMILES string of the molecule is O=C(COc1ccc(Cl)cc1)Nc1ccn(Cc2c(F)cccc2Cl)n1. The van der Waals surface area contributed by atoms with E-state index >= 15 is 0 Å². The van der Waals surface area contributed by atoms with Crippen LogP contribution < -0.4 is 10.1 Å². The molecule has 26 heavy (non-hydrogen) atoms. The highest BCUT2D eigenvalue weighted by Crippen LogP contribution is 2.20. The molecular formula is C18H14Cl2FN3O2. The summed E-state index contributed by atoms with van der Waals surface area (Å²) in [5.74, 6) is 0.0931. The number of anilines is 1. The third kappa shape index (κ3) is 4.74. The van der Waals surface area contributed by atoms with Crippen LogP contribution in [-0.2, 0) is 11.3 Å². The lowest BCUT2D eigenvalue weighted by Crippen LogP contribution is -2.20. The van der Waals surface area contributed by atoms with Crippen molar-refractivity contribution in [1.29, 1.82) is 0 Å². The van der Waals surface area contributed by atoms with Crippen molar-refractivity contribution in [1.82, 2.24) is 9.78 Å². The molecule has 2 aromatic carbocycles. The van der Waals surface area contributed by atoms with Crippen molar-refractivity contribution in [2.75, 3.05) is 11.9 Å². The molecule has 0 atom stereocenters. The number of carbonyl (C=O) groups is 1. The number of carbonyl (C=O) groups excluding carboxylic acids is 1. The number of amides is 1. The third-order valence-corrected chi connectivity index (χ3v) is 4.08. The molecule has 0 aliphatic rings. The van der Waals surface area contributed by atoms with Gasteiger partial charge in [0.15, 0.2) is 12.4 Å². The Kier molecular flexibility index (Phi) is 5.75. The molecule has 0 aliphatic heterocycles. The van der Waals surface area contributed by atoms with Crippen LogP contribution in [0.2, 0.25) is 10.0 Å². The first-order valence-electron chi connectivity index (χ1n) is 7.66. The van der Waals surface area contributed by atoms with Gasteiger partial charge in [-0.05, 0) is 36.4 Å². The Bertz CT molecular complexity index is 893. The minimum atomic E-state index is -0.407. The first kappa shape index (κ1) is 18.2. The number of hydrogen-bond donors (Lipinski definition) is 1. The largest absolute Gasteiger partial charge is 0.484 e. The quantitative estimate of drug-likeness (QED) is 0.675. The summed E-state index contributed by atoms with van der Waals surface area (Å²) in [6.45, 7) is -0.0176. The van der Waals surface area contributed by atoms with E-state index in [1.165, 1.54) is 16.8 Å². The van der Waals surface area contributed by atoms with Crippen LogP contribution in [0.5, 0.6) is 5.75 Å². The van der Waals surface area contributed by atoms with Gasteiger partial charge in [0, 0.05) is 27.9 Å². The predicted molar refractivity (Wildman–Crippen MR) is 98.3 cm³/mol. The van der Waals surface area contributed by atoms with E-state index in [1.54, 1.807) is 42.6 Å². The van der Waals surface area contributed by atoms with Crippen LogP contribution in [0.4, 0.5) is 10.2 Å². The van der Waals surface area contributed by atoms with E-state index in [9.17, 15) is 9.18 Å². The maximum atomic E-state index is 13.8. The highest BCUT2D eigenvalue weighted by atomic mass is 35.5. The van der Waals surface area contributed by atoms with E-state index in [4.69, 9.17) is 27.9 Å². The predicted octanol–water partition coefficient (Wildman–Crippen LogP) is 4.39. The topological polar surface area (TPSA) is 56.1 Å². The average molecular weight is 394 g/mol. The molecule has 3 aromatic rings. The van der Waals surface area contributed by atoms with Crippen LogP contribution in [0.25, 0.3) is 0 Å². The highest BCUT2D eigenvalue weighted by molar-refractivity contribution is 6.31. The van der Waals surface area contributed by atoms with Crippen molar-refractivity contribution in [3.05, 3.63) is 76.2 Å². The fourth-order valence-corrected chi connectivity index (χ4v) is 2.57. The minimum absolute atomic E-state index is 0.155. The smallest absolute Gasteiger partial charge is 0.263 e. The summed E-state index contributed by atoms with van der Waals surface area (Å²) in [7, 11) is 0. The number of nitrogens with zero attached hydrogens (tertiary/aromatic N) is 2. The number of halogens is 3. The molecule has 1 amide bonds. The molecule has 0 spiro atoms. The van der Waals surface area contributed by atoms with Crippen molar-refractivity contribution in [2.45, 2.75) is 6.54 Å². The Hall–Kier alpha value is -2.57. The summed E-state index contributed by atoms with van der Waals surface area (Å²) >= 11 is 11.8. The number of nitrogens with one attached hydrogen (secondary N) is 1. The first-order valence-corrected chi connectivity index (χ1v) is 8.41. The number of aromatic nitrogens is 2. The third-order valence-electron chi connectivity index (χ3n) is 3.47. The molecule has 0 unspecified atom stereocenters. The molecule has 5 nitrogen and oxygen atoms in total. The number of hydrogen-bond acceptors (Lipinski definition) is 3. The second kappa shape index (κ2) is 8.21. The molecular weight excluding hydrogens is 380 g/mol. The number of benzene rings is 2. The van der Waals surface area contributed by atoms with Crippen LogP contribution >= 0.6 is 23.2 Å². The van der Waals surface area contributed by atoms with Crippen LogP contribution in [-0.4, -0.2) is 22.3 Å². The number of rotatable bonds is 6. The van der Waals surface area contributed by atoms with Crippen LogP contribution in [0, 0.1) is 5.82 Å². The van der Waals surface area contributed by atoms with Crippen molar-refractivity contribution in [3.8, 4) is 5.75 Å². The number of ether oxygens (including phenoxy) is 1. The molecule has 0 fully saturated rings. The van der Waals surface area contributed by atoms with E-state index in [0.29, 0.717) is 27.2 Å². The van der Waals surface area contributed by atoms with Gasteiger partial charge in [-0.25, -0.2) is 4.39 Å². The first-order chi connectivity index (χ1) is 12.5. The highest BCUT2D eigenvalue weighted by Gasteiger charge is 2.10. The summed E-state index contributed by atoms with van der Waals surface area (Å²) in [6.07, 6.45) is 1.62. The Morgan fingerprint density at radius 3 is 2.65 bits per heavy atom. The van der Waals surface area contributed by atoms with Crippen LogP contribution in [0.1, 0.15) is 5.56 Å². The van der Waals surface area contributed by atoms with Gasteiger partial charge in [0.05, 0.1) is 6.54 Å². The molecule has 1 aromatic heterocycles. The molecule has 1 heterocycles. The van der Waals surface area contributed by atoms with Gasteiger partial charge in [-0.3, -0.25) is 9.48 Å². The fraction of sp³-hybridized carbons (Fsp3) is 0.111. The molecule has 134 valence electrons. The monoisotopic (exact) mass is 393 g/mol. The standard InChI is InChI=1S/C18H14Cl2FN3O2/c19-12-4-6-13(7-5-12)26-11-18(25)22-17-8-9-24(23-17)10-14-15(20)2-1-3-16(14)21/h1-9H,10-11H2,(H,22,23,25). The molecule has 8 heteroatoms. The Morgan fingerprint density at radius 1 is 1.15 bits per heavy atom. The molecule has 1 N–H and O–H groups in total. The second-order valence-electron chi connectivity index (χ2n) is 5.39. The van der Waals surface area contributed by atoms with E-state index in [-0.39, 0.29) is 19.1 Å². The molecule has 3 rings (SSSR count). The van der Waals surface area contributed by atoms with E-state index in [0.717, 1.165) is 0 Å². The minimum Gasteiger partial charge on any atom is -0.484 e. The van der Waals surface area contributed by atoms with E-state index in [2.05, 4.69) is 10.4 Å². The van der Waals surface area contributed by atoms with Gasteiger partial charge in [0.1, 0.15) is 11.6 Å². The molecule has 0 saturated heterocycles. The van der Waals surface area contributed by atoms with Crippen molar-refractivity contribution in [2.24, 2.45) is 0 Å². The van der Waals surface area contributed by atoms with Crippen molar-refractivity contribution < 1.29 is 13.9 Å². The summed E-state index contributed by atoms with van der Waals surface area (Å²) in [5.41, 5.74) is 0.334. The van der Waals surface area contributed by atoms with Gasteiger partial charge in [0.25, 0.3) is 5.91 Å². The normalized spacial score (nSPS) is 10.6. The van der Waals surface area contributed by atoms with Crippen molar-refractivity contribution >= 4 is 34.9 Å². The Morgan fingerprint density at radius 2 is 1.92 bits per heavy atom. The summed E-state index contributed by atoms with van der Waals surface area (Å²) in [4.78, 5) is 11.9. The zero-order valence-corrected chi connectivity index (χ0v) is 15.0. The second-order valence-corrected chi connectivity index (χ2v) is 6.23. The van der Waals surface area contributed by atoms with Crippen LogP contribution in [0.3, 0.4) is 0 Å². The lowest BCUT2D eigenvalue weighted by Gasteiger charge is -2.07. The zero-order chi connectivity index (χ0) is 18.5. The van der Waals surface area contributed by atoms with Gasteiger partial charge in [-0.1, -0.05) is 29.3 Å². The molecule has 0 bridgehead atoms. The van der Waals surface area contributed by atoms with E-state index in [1.807, 2.05) is 0 Å². The van der Waals surface area contributed by atoms with Crippen LogP contribution in [0.15, 0.2) is 54.7 Å². The maximum Gasteiger partial charge on any atom is 0.263 e. The lowest BCUT2D eigenvalue weighted by atomic mass is 10.2. The molecule has 0 aliphatic carbocycles. The zero-order valence-electron chi connectivity index (χ0n) is 13.5. The van der Waals surface area contributed by atoms with Gasteiger partial charge < -0.3 is 10.1 Å². The van der Waals surface area contributed by atoms with Gasteiger partial charge in [0.2, 0.25) is 0 Å². The average Bonchev–Trinajstić information content (AvgIpc) is 3.05. The molecule has 0 saturated carbocycles. The Labute approximate surface area is 159 Å². The molecule has 0 radical (unpaired) electrons. The van der Waals surface area contributed by atoms with Gasteiger partial charge in [-0.2, -0.15) is 5.10 Å². The lowest BCUT2D eigenvalue weighted by molar-refractivity contribution is -0.118. The Balaban J connectivity index is 1.56. The maximum absolute atomic E-state index is 13.8. The summed E-state index contributed by atoms with van der Waals surface area (Å²) < 4.78 is 20.7. The van der Waals surface area contributed by atoms with Gasteiger partial charge >= 0.3 is 0 Å². The van der Waals surface area contributed by atoms with E-state index < -0.39 is 5.82 Å². The van der Waals surface area contributed by atoms with Gasteiger partial charge in [-0.15, -0.1) is 0 Å². The summed E-state index contributed by atoms with van der Waals surface area (Å²) in [6, 6.07) is 12.8. The van der Waals surface area contributed by atoms with Crippen molar-refractivity contribution in [3.63, 3.8) is 0 Å². The fourth-order valence-electron chi connectivity index (χ4n) is 2.22.